The van der Waals surface area contributed by atoms with Crippen molar-refractivity contribution in [2.45, 2.75) is 20.4 Å². The van der Waals surface area contributed by atoms with E-state index in [1.165, 1.54) is 22.2 Å². The number of aromatic nitrogens is 3. The van der Waals surface area contributed by atoms with Gasteiger partial charge in [0.25, 0.3) is 17.4 Å². The first-order valence-corrected chi connectivity index (χ1v) is 10.3. The average Bonchev–Trinajstić information content (AvgIpc) is 3.17. The first-order valence-electron chi connectivity index (χ1n) is 9.51. The highest BCUT2D eigenvalue weighted by Crippen LogP contribution is 2.27. The maximum atomic E-state index is 12.6. The summed E-state index contributed by atoms with van der Waals surface area (Å²) in [5, 5.41) is 1.16. The number of hydrogen-bond donors (Lipinski definition) is 2. The van der Waals surface area contributed by atoms with E-state index >= 15 is 0 Å². The third-order valence-electron chi connectivity index (χ3n) is 4.71. The second-order valence-corrected chi connectivity index (χ2v) is 7.95. The summed E-state index contributed by atoms with van der Waals surface area (Å²) in [6.45, 7) is 3.33. The largest absolute Gasteiger partial charge is 0.289 e. The van der Waals surface area contributed by atoms with Crippen LogP contribution in [0.1, 0.15) is 20.9 Å². The average molecular weight is 433 g/mol. The number of para-hydroxylation sites is 1. The second kappa shape index (κ2) is 8.49. The van der Waals surface area contributed by atoms with Crippen LogP contribution >= 0.6 is 11.3 Å². The van der Waals surface area contributed by atoms with Crippen molar-refractivity contribution in [3.63, 3.8) is 0 Å². The number of benzene rings is 2. The fourth-order valence-corrected chi connectivity index (χ4v) is 4.11. The number of nitrogens with one attached hydrogen (secondary N) is 2. The molecule has 4 rings (SSSR count). The van der Waals surface area contributed by atoms with Crippen LogP contribution in [0.4, 0.5) is 0 Å². The number of nitrogens with zero attached hydrogens (tertiary/aromatic N) is 3. The molecule has 0 aliphatic rings. The van der Waals surface area contributed by atoms with Crippen LogP contribution in [0.15, 0.2) is 59.7 Å². The molecule has 0 aliphatic heterocycles. The highest BCUT2D eigenvalue weighted by atomic mass is 32.1. The molecular weight excluding hydrogens is 414 g/mol. The normalized spacial score (nSPS) is 10.8. The molecule has 4 aromatic rings. The van der Waals surface area contributed by atoms with E-state index in [1.54, 1.807) is 19.1 Å². The van der Waals surface area contributed by atoms with Gasteiger partial charge in [-0.05, 0) is 25.5 Å². The van der Waals surface area contributed by atoms with Crippen LogP contribution in [-0.4, -0.2) is 26.3 Å². The van der Waals surface area contributed by atoms with Crippen molar-refractivity contribution in [2.24, 2.45) is 0 Å². The summed E-state index contributed by atoms with van der Waals surface area (Å²) in [6.07, 6.45) is 1.33. The molecule has 2 heterocycles. The van der Waals surface area contributed by atoms with Gasteiger partial charge in [-0.3, -0.25) is 29.8 Å². The minimum atomic E-state index is -0.547. The molecule has 0 radical (unpaired) electrons. The molecule has 0 bridgehead atoms. The summed E-state index contributed by atoms with van der Waals surface area (Å²) in [6, 6.07) is 14.8. The van der Waals surface area contributed by atoms with E-state index in [0.29, 0.717) is 21.5 Å². The number of rotatable bonds is 4. The molecule has 0 atom stereocenters. The fourth-order valence-electron chi connectivity index (χ4n) is 3.14. The zero-order valence-electron chi connectivity index (χ0n) is 16.9. The zero-order chi connectivity index (χ0) is 22.0. The van der Waals surface area contributed by atoms with Gasteiger partial charge in [0, 0.05) is 5.56 Å². The third-order valence-corrected chi connectivity index (χ3v) is 5.91. The third kappa shape index (κ3) is 4.22. The number of hydrazine groups is 1. The molecule has 8 nitrogen and oxygen atoms in total. The van der Waals surface area contributed by atoms with Gasteiger partial charge in [0.1, 0.15) is 16.4 Å². The quantitative estimate of drug-likeness (QED) is 0.481. The molecule has 9 heteroatoms. The van der Waals surface area contributed by atoms with Gasteiger partial charge in [-0.1, -0.05) is 42.5 Å². The van der Waals surface area contributed by atoms with Crippen LogP contribution in [0.5, 0.6) is 0 Å². The van der Waals surface area contributed by atoms with Gasteiger partial charge in [0.05, 0.1) is 22.9 Å². The number of hydrogen-bond acceptors (Lipinski definition) is 6. The van der Waals surface area contributed by atoms with Gasteiger partial charge in [-0.25, -0.2) is 9.97 Å². The van der Waals surface area contributed by atoms with Crippen molar-refractivity contribution in [3.05, 3.63) is 81.3 Å². The zero-order valence-corrected chi connectivity index (χ0v) is 17.7. The SMILES string of the molecule is Cc1nc(-c2ccccc2)sc1C(=O)NNC(=O)Cn1cnc2c(C)cccc2c1=O. The van der Waals surface area contributed by atoms with E-state index in [2.05, 4.69) is 20.8 Å². The number of aryl methyl sites for hydroxylation is 2. The molecule has 0 saturated heterocycles. The van der Waals surface area contributed by atoms with E-state index in [1.807, 2.05) is 43.3 Å². The molecule has 0 aliphatic carbocycles. The maximum absolute atomic E-state index is 12.6. The van der Waals surface area contributed by atoms with Crippen molar-refractivity contribution in [1.29, 1.82) is 0 Å². The van der Waals surface area contributed by atoms with Gasteiger partial charge in [0.2, 0.25) is 0 Å². The molecule has 2 amide bonds. The van der Waals surface area contributed by atoms with Crippen LogP contribution in [0.3, 0.4) is 0 Å². The highest BCUT2D eigenvalue weighted by Gasteiger charge is 2.17. The molecule has 2 aromatic heterocycles. The Bertz CT molecular complexity index is 1340. The van der Waals surface area contributed by atoms with Crippen LogP contribution < -0.4 is 16.4 Å². The second-order valence-electron chi connectivity index (χ2n) is 6.95. The van der Waals surface area contributed by atoms with Crippen molar-refractivity contribution in [1.82, 2.24) is 25.4 Å². The standard InChI is InChI=1S/C22H19N5O3S/c1-13-7-6-10-16-18(13)23-12-27(22(16)30)11-17(28)25-26-20(29)19-14(2)24-21(31-19)15-8-4-3-5-9-15/h3-10,12H,11H2,1-2H3,(H,25,28)(H,26,29). The Labute approximate surface area is 181 Å². The minimum absolute atomic E-state index is 0.271. The van der Waals surface area contributed by atoms with Crippen molar-refractivity contribution >= 4 is 34.1 Å². The van der Waals surface area contributed by atoms with Crippen LogP contribution in [0.25, 0.3) is 21.5 Å². The minimum Gasteiger partial charge on any atom is -0.289 e. The summed E-state index contributed by atoms with van der Waals surface area (Å²) < 4.78 is 1.20. The van der Waals surface area contributed by atoms with Gasteiger partial charge in [-0.2, -0.15) is 0 Å². The van der Waals surface area contributed by atoms with Crippen molar-refractivity contribution in [2.75, 3.05) is 0 Å². The van der Waals surface area contributed by atoms with Gasteiger partial charge in [0.15, 0.2) is 0 Å². The van der Waals surface area contributed by atoms with E-state index in [4.69, 9.17) is 0 Å². The summed E-state index contributed by atoms with van der Waals surface area (Å²) in [4.78, 5) is 46.5. The van der Waals surface area contributed by atoms with E-state index < -0.39 is 11.8 Å². The maximum Gasteiger partial charge on any atom is 0.281 e. The molecular formula is C22H19N5O3S. The summed E-state index contributed by atoms with van der Waals surface area (Å²) in [7, 11) is 0. The number of carbonyl (C=O) groups is 2. The van der Waals surface area contributed by atoms with Gasteiger partial charge < -0.3 is 0 Å². The molecule has 0 unspecified atom stereocenters. The lowest BCUT2D eigenvalue weighted by molar-refractivity contribution is -0.122. The lowest BCUT2D eigenvalue weighted by Gasteiger charge is -2.09. The first kappa shape index (κ1) is 20.4. The van der Waals surface area contributed by atoms with Crippen molar-refractivity contribution < 1.29 is 9.59 Å². The lowest BCUT2D eigenvalue weighted by atomic mass is 10.1. The van der Waals surface area contributed by atoms with Gasteiger partial charge in [-0.15, -0.1) is 11.3 Å². The Balaban J connectivity index is 1.43. The number of fused-ring (bicyclic) bond motifs is 1. The fraction of sp³-hybridized carbons (Fsp3) is 0.136. The molecule has 31 heavy (non-hydrogen) atoms. The molecule has 156 valence electrons. The number of carbonyl (C=O) groups excluding carboxylic acids is 2. The lowest BCUT2D eigenvalue weighted by Crippen LogP contribution is -2.44. The molecule has 0 spiro atoms. The summed E-state index contributed by atoms with van der Waals surface area (Å²) >= 11 is 1.24. The van der Waals surface area contributed by atoms with Crippen LogP contribution in [0.2, 0.25) is 0 Å². The van der Waals surface area contributed by atoms with E-state index in [-0.39, 0.29) is 12.1 Å². The molecule has 0 saturated carbocycles. The van der Waals surface area contributed by atoms with Gasteiger partial charge >= 0.3 is 0 Å². The van der Waals surface area contributed by atoms with Crippen LogP contribution in [-0.2, 0) is 11.3 Å². The molecule has 2 N–H and O–H groups in total. The Morgan fingerprint density at radius 1 is 1.03 bits per heavy atom. The predicted molar refractivity (Wildman–Crippen MR) is 119 cm³/mol. The highest BCUT2D eigenvalue weighted by molar-refractivity contribution is 7.17. The monoisotopic (exact) mass is 433 g/mol. The topological polar surface area (TPSA) is 106 Å². The van der Waals surface area contributed by atoms with E-state index in [9.17, 15) is 14.4 Å². The summed E-state index contributed by atoms with van der Waals surface area (Å²) in [5.41, 5.74) is 7.38. The van der Waals surface area contributed by atoms with Crippen LogP contribution in [0, 0.1) is 13.8 Å². The number of thiazole rings is 1. The van der Waals surface area contributed by atoms with E-state index in [0.717, 1.165) is 16.1 Å². The Morgan fingerprint density at radius 2 is 1.81 bits per heavy atom. The summed E-state index contributed by atoms with van der Waals surface area (Å²) in [5.74, 6) is -1.01. The Morgan fingerprint density at radius 3 is 2.58 bits per heavy atom. The first-order chi connectivity index (χ1) is 14.9. The Hall–Kier alpha value is -3.85. The Kier molecular flexibility index (Phi) is 5.59. The smallest absolute Gasteiger partial charge is 0.281 e. The molecule has 0 fully saturated rings. The molecule has 2 aromatic carbocycles. The number of amides is 2. The van der Waals surface area contributed by atoms with Crippen molar-refractivity contribution in [3.8, 4) is 10.6 Å². The predicted octanol–water partition coefficient (Wildman–Crippen LogP) is 2.60.